The maximum atomic E-state index is 5.57. The molecule has 2 heterocycles. The summed E-state index contributed by atoms with van der Waals surface area (Å²) in [5.74, 6) is 0.639. The molecule has 2 aromatic heterocycles. The molecule has 65 heavy (non-hydrogen) atoms. The normalized spacial score (nSPS) is 12.0. The number of aromatic nitrogens is 3. The van der Waals surface area contributed by atoms with Crippen LogP contribution in [0.15, 0.2) is 224 Å². The van der Waals surface area contributed by atoms with Crippen molar-refractivity contribution in [1.82, 2.24) is 14.5 Å². The van der Waals surface area contributed by atoms with Crippen molar-refractivity contribution in [3.05, 3.63) is 224 Å². The molecule has 0 N–H and O–H groups in total. The van der Waals surface area contributed by atoms with E-state index in [1.165, 1.54) is 81.9 Å². The van der Waals surface area contributed by atoms with Gasteiger partial charge in [0.2, 0.25) is 5.95 Å². The summed E-state index contributed by atoms with van der Waals surface area (Å²) in [6.45, 7) is 0. The summed E-state index contributed by atoms with van der Waals surface area (Å²) in [5.41, 5.74) is 15.6. The molecule has 0 saturated carbocycles. The first-order chi connectivity index (χ1) is 32.2. The third kappa shape index (κ3) is 5.36. The zero-order valence-electron chi connectivity index (χ0n) is 35.2. The fourth-order valence-electron chi connectivity index (χ4n) is 10.8. The van der Waals surface area contributed by atoms with Crippen molar-refractivity contribution in [2.24, 2.45) is 0 Å². The van der Waals surface area contributed by atoms with Crippen LogP contribution in [-0.4, -0.2) is 14.5 Å². The minimum Gasteiger partial charge on any atom is -0.277 e. The molecule has 0 saturated heterocycles. The summed E-state index contributed by atoms with van der Waals surface area (Å²) >= 11 is 0. The number of nitrogens with zero attached hydrogens (tertiary/aromatic N) is 3. The predicted octanol–water partition coefficient (Wildman–Crippen LogP) is 16.5. The van der Waals surface area contributed by atoms with Gasteiger partial charge in [-0.3, -0.25) is 4.57 Å². The Kier molecular flexibility index (Phi) is 7.69. The molecule has 14 rings (SSSR count). The van der Waals surface area contributed by atoms with Gasteiger partial charge in [-0.05, 0) is 107 Å². The monoisotopic (exact) mass is 823 g/mol. The number of hydrogen-bond acceptors (Lipinski definition) is 2. The van der Waals surface area contributed by atoms with Crippen LogP contribution in [0.1, 0.15) is 0 Å². The van der Waals surface area contributed by atoms with E-state index in [4.69, 9.17) is 9.97 Å². The molecule has 0 aliphatic heterocycles. The topological polar surface area (TPSA) is 30.7 Å². The molecule has 0 spiro atoms. The summed E-state index contributed by atoms with van der Waals surface area (Å²) in [5, 5.41) is 12.4. The molecule has 11 aromatic carbocycles. The smallest absolute Gasteiger partial charge is 0.235 e. The molecule has 1 aliphatic carbocycles. The fourth-order valence-corrected chi connectivity index (χ4v) is 10.8. The number of fused-ring (bicyclic) bond motifs is 4. The average Bonchev–Trinajstić information content (AvgIpc) is 3.67. The maximum absolute atomic E-state index is 5.57. The van der Waals surface area contributed by atoms with E-state index < -0.39 is 0 Å². The number of benzene rings is 11. The predicted molar refractivity (Wildman–Crippen MR) is 273 cm³/mol. The molecule has 0 radical (unpaired) electrons. The van der Waals surface area contributed by atoms with Crippen LogP contribution in [0.2, 0.25) is 0 Å². The highest BCUT2D eigenvalue weighted by Crippen LogP contribution is 2.54. The van der Waals surface area contributed by atoms with Gasteiger partial charge >= 0.3 is 0 Å². The van der Waals surface area contributed by atoms with Crippen molar-refractivity contribution in [3.63, 3.8) is 0 Å². The second-order valence-electron chi connectivity index (χ2n) is 17.2. The fraction of sp³-hybridized carbons (Fsp3) is 0. The number of hydrogen-bond donors (Lipinski definition) is 0. The first-order valence-corrected chi connectivity index (χ1v) is 22.3. The second kappa shape index (κ2) is 13.9. The Morgan fingerprint density at radius 1 is 0.277 bits per heavy atom. The van der Waals surface area contributed by atoms with Crippen molar-refractivity contribution in [3.8, 4) is 73.0 Å². The first-order valence-electron chi connectivity index (χ1n) is 22.3. The van der Waals surface area contributed by atoms with Gasteiger partial charge in [0.1, 0.15) is 0 Å². The van der Waals surface area contributed by atoms with Gasteiger partial charge in [0, 0.05) is 32.7 Å². The van der Waals surface area contributed by atoms with Crippen molar-refractivity contribution < 1.29 is 0 Å². The lowest BCUT2D eigenvalue weighted by Gasteiger charge is -2.18. The Balaban J connectivity index is 1.24. The average molecular weight is 824 g/mol. The van der Waals surface area contributed by atoms with Crippen LogP contribution >= 0.6 is 0 Å². The summed E-state index contributed by atoms with van der Waals surface area (Å²) in [6, 6.07) is 81.5. The molecule has 0 bridgehead atoms. The van der Waals surface area contributed by atoms with E-state index in [2.05, 4.69) is 229 Å². The van der Waals surface area contributed by atoms with Crippen LogP contribution in [-0.2, 0) is 0 Å². The minimum absolute atomic E-state index is 0.639. The molecule has 300 valence electrons. The van der Waals surface area contributed by atoms with Crippen LogP contribution in [0.3, 0.4) is 0 Å². The van der Waals surface area contributed by atoms with E-state index in [-0.39, 0.29) is 0 Å². The van der Waals surface area contributed by atoms with E-state index in [1.807, 2.05) is 0 Å². The van der Waals surface area contributed by atoms with Crippen molar-refractivity contribution in [1.29, 1.82) is 0 Å². The van der Waals surface area contributed by atoms with Crippen LogP contribution < -0.4 is 0 Å². The third-order valence-electron chi connectivity index (χ3n) is 13.7. The zero-order chi connectivity index (χ0) is 42.6. The molecule has 1 aliphatic rings. The molecule has 0 amide bonds. The van der Waals surface area contributed by atoms with E-state index in [0.29, 0.717) is 5.95 Å². The Labute approximate surface area is 375 Å². The van der Waals surface area contributed by atoms with Crippen LogP contribution in [0.4, 0.5) is 0 Å². The standard InChI is InChI=1S/C62H37N3/c1-6-17-38(18-7-1)43-29-32-49-51(33-43)48-31-30-44-34-50(40-21-10-3-11-22-40)46-27-16-28-47-52-35-45(39-19-8-2-9-20-39)36-55-58(52)60(59(48)56(44)57(46)47)61(49)65(55)62-63-53(41-23-12-4-13-24-41)37-54(64-62)42-25-14-5-15-26-42/h1-37H. The zero-order valence-corrected chi connectivity index (χ0v) is 35.2. The number of rotatable bonds is 6. The molecule has 0 fully saturated rings. The van der Waals surface area contributed by atoms with Crippen LogP contribution in [0.5, 0.6) is 0 Å². The molecule has 13 aromatic rings. The third-order valence-corrected chi connectivity index (χ3v) is 13.7. The summed E-state index contributed by atoms with van der Waals surface area (Å²) in [7, 11) is 0. The summed E-state index contributed by atoms with van der Waals surface area (Å²) in [4.78, 5) is 11.1. The largest absolute Gasteiger partial charge is 0.277 e. The maximum Gasteiger partial charge on any atom is 0.235 e. The van der Waals surface area contributed by atoms with Gasteiger partial charge in [0.15, 0.2) is 0 Å². The first kappa shape index (κ1) is 35.9. The lowest BCUT2D eigenvalue weighted by molar-refractivity contribution is 0.998. The lowest BCUT2D eigenvalue weighted by atomic mass is 9.86. The second-order valence-corrected chi connectivity index (χ2v) is 17.2. The Morgan fingerprint density at radius 3 is 1.51 bits per heavy atom. The van der Waals surface area contributed by atoms with Crippen LogP contribution in [0, 0.1) is 0 Å². The van der Waals surface area contributed by atoms with E-state index in [9.17, 15) is 0 Å². The van der Waals surface area contributed by atoms with Gasteiger partial charge in [-0.25, -0.2) is 9.97 Å². The Hall–Kier alpha value is -8.66. The Morgan fingerprint density at radius 2 is 0.862 bits per heavy atom. The lowest BCUT2D eigenvalue weighted by Crippen LogP contribution is -2.05. The van der Waals surface area contributed by atoms with Crippen molar-refractivity contribution >= 4 is 64.9 Å². The van der Waals surface area contributed by atoms with E-state index in [1.54, 1.807) is 0 Å². The molecular formula is C62H37N3. The van der Waals surface area contributed by atoms with Gasteiger partial charge in [0.25, 0.3) is 0 Å². The molecular weight excluding hydrogens is 787 g/mol. The van der Waals surface area contributed by atoms with E-state index in [0.717, 1.165) is 50.1 Å². The SMILES string of the molecule is c1ccc(-c2ccc3c(c2)c2ccc4cc(-c5ccccc5)c5cccc6c5c4c2c2c4c-6cc(-c5ccccc5)cc4n(-c4nc(-c5ccccc5)cc(-c5ccccc5)n4)c32)cc1. The van der Waals surface area contributed by atoms with Gasteiger partial charge < -0.3 is 0 Å². The summed E-state index contributed by atoms with van der Waals surface area (Å²) < 4.78 is 2.39. The molecule has 0 atom stereocenters. The van der Waals surface area contributed by atoms with Crippen molar-refractivity contribution in [2.45, 2.75) is 0 Å². The molecule has 3 nitrogen and oxygen atoms in total. The van der Waals surface area contributed by atoms with Gasteiger partial charge in [-0.15, -0.1) is 0 Å². The molecule has 0 unspecified atom stereocenters. The van der Waals surface area contributed by atoms with Gasteiger partial charge in [-0.2, -0.15) is 0 Å². The summed E-state index contributed by atoms with van der Waals surface area (Å²) in [6.07, 6.45) is 0. The molecule has 3 heteroatoms. The highest BCUT2D eigenvalue weighted by molar-refractivity contribution is 6.44. The van der Waals surface area contributed by atoms with Crippen LogP contribution in [0.25, 0.3) is 138 Å². The highest BCUT2D eigenvalue weighted by atomic mass is 15.2. The van der Waals surface area contributed by atoms with Gasteiger partial charge in [0.05, 0.1) is 22.4 Å². The van der Waals surface area contributed by atoms with E-state index >= 15 is 0 Å². The van der Waals surface area contributed by atoms with Gasteiger partial charge in [-0.1, -0.05) is 194 Å². The Bertz CT molecular complexity index is 4010. The highest BCUT2D eigenvalue weighted by Gasteiger charge is 2.29. The minimum atomic E-state index is 0.639. The quantitative estimate of drug-likeness (QED) is 0.156. The van der Waals surface area contributed by atoms with Crippen molar-refractivity contribution in [2.75, 3.05) is 0 Å².